The second kappa shape index (κ2) is 11.2. The summed E-state index contributed by atoms with van der Waals surface area (Å²) in [6.45, 7) is 5.75. The lowest BCUT2D eigenvalue weighted by atomic mass is 9.95. The van der Waals surface area contributed by atoms with E-state index in [1.54, 1.807) is 4.90 Å². The third-order valence-electron chi connectivity index (χ3n) is 6.23. The number of aromatic amines is 1. The second-order valence-electron chi connectivity index (χ2n) is 9.42. The Kier molecular flexibility index (Phi) is 7.83. The van der Waals surface area contributed by atoms with E-state index < -0.39 is 0 Å². The normalized spacial score (nSPS) is 17.0. The summed E-state index contributed by atoms with van der Waals surface area (Å²) in [4.78, 5) is 35.9. The smallest absolute Gasteiger partial charge is 0.226 e. The van der Waals surface area contributed by atoms with E-state index in [1.165, 1.54) is 0 Å². The molecule has 34 heavy (non-hydrogen) atoms. The van der Waals surface area contributed by atoms with Crippen molar-refractivity contribution in [2.45, 2.75) is 45.6 Å². The van der Waals surface area contributed by atoms with E-state index in [-0.39, 0.29) is 23.8 Å². The molecule has 180 valence electrons. The first kappa shape index (κ1) is 23.8. The van der Waals surface area contributed by atoms with Crippen LogP contribution in [0.1, 0.15) is 51.4 Å². The maximum atomic E-state index is 13.2. The van der Waals surface area contributed by atoms with Gasteiger partial charge in [-0.3, -0.25) is 9.59 Å². The van der Waals surface area contributed by atoms with Gasteiger partial charge in [-0.25, -0.2) is 4.98 Å². The first-order valence-electron chi connectivity index (χ1n) is 12.2. The van der Waals surface area contributed by atoms with Gasteiger partial charge in [-0.15, -0.1) is 0 Å². The van der Waals surface area contributed by atoms with Gasteiger partial charge in [-0.1, -0.05) is 44.2 Å². The number of benzene rings is 2. The zero-order chi connectivity index (χ0) is 23.9. The SMILES string of the molecule is CC(C)CC(NC(=O)C1CCCN(C(=O)CCOc2ccccc2)C1)c1nc2ccccc2[nH]1. The molecule has 1 fully saturated rings. The first-order valence-corrected chi connectivity index (χ1v) is 12.2. The molecule has 4 rings (SSSR count). The molecule has 7 nitrogen and oxygen atoms in total. The Morgan fingerprint density at radius 2 is 1.91 bits per heavy atom. The molecule has 2 N–H and O–H groups in total. The summed E-state index contributed by atoms with van der Waals surface area (Å²) in [5, 5.41) is 3.22. The number of hydrogen-bond donors (Lipinski definition) is 2. The number of hydrogen-bond acceptors (Lipinski definition) is 4. The van der Waals surface area contributed by atoms with Gasteiger partial charge in [0.2, 0.25) is 11.8 Å². The van der Waals surface area contributed by atoms with Crippen molar-refractivity contribution in [3.63, 3.8) is 0 Å². The van der Waals surface area contributed by atoms with Crippen LogP contribution in [0.3, 0.4) is 0 Å². The zero-order valence-electron chi connectivity index (χ0n) is 20.0. The molecule has 1 saturated heterocycles. The number of ether oxygens (including phenoxy) is 1. The van der Waals surface area contributed by atoms with Gasteiger partial charge in [0, 0.05) is 13.1 Å². The van der Waals surface area contributed by atoms with Crippen molar-refractivity contribution in [1.82, 2.24) is 20.2 Å². The van der Waals surface area contributed by atoms with Gasteiger partial charge in [0.25, 0.3) is 0 Å². The summed E-state index contributed by atoms with van der Waals surface area (Å²) in [5.74, 6) is 1.74. The fourth-order valence-electron chi connectivity index (χ4n) is 4.49. The van der Waals surface area contributed by atoms with Gasteiger partial charge in [0.1, 0.15) is 11.6 Å². The maximum absolute atomic E-state index is 13.2. The van der Waals surface area contributed by atoms with Crippen LogP contribution >= 0.6 is 0 Å². The van der Waals surface area contributed by atoms with Gasteiger partial charge in [0.15, 0.2) is 0 Å². The minimum absolute atomic E-state index is 0.0101. The summed E-state index contributed by atoms with van der Waals surface area (Å²) in [7, 11) is 0. The molecule has 0 radical (unpaired) electrons. The summed E-state index contributed by atoms with van der Waals surface area (Å²) < 4.78 is 5.67. The van der Waals surface area contributed by atoms with Crippen molar-refractivity contribution in [3.05, 3.63) is 60.4 Å². The molecule has 1 aromatic heterocycles. The summed E-state index contributed by atoms with van der Waals surface area (Å²) in [6, 6.07) is 17.2. The van der Waals surface area contributed by atoms with E-state index in [2.05, 4.69) is 24.1 Å². The summed E-state index contributed by atoms with van der Waals surface area (Å²) >= 11 is 0. The van der Waals surface area contributed by atoms with Crippen molar-refractivity contribution in [2.24, 2.45) is 11.8 Å². The third kappa shape index (κ3) is 6.16. The molecular formula is C27H34N4O3. The molecule has 2 unspecified atom stereocenters. The predicted octanol–water partition coefficient (Wildman–Crippen LogP) is 4.47. The van der Waals surface area contributed by atoms with Crippen molar-refractivity contribution in [1.29, 1.82) is 0 Å². The average Bonchev–Trinajstić information content (AvgIpc) is 3.28. The van der Waals surface area contributed by atoms with Crippen LogP contribution in [0.15, 0.2) is 54.6 Å². The van der Waals surface area contributed by atoms with Crippen LogP contribution in [-0.2, 0) is 9.59 Å². The average molecular weight is 463 g/mol. The largest absolute Gasteiger partial charge is 0.493 e. The minimum atomic E-state index is -0.216. The zero-order valence-corrected chi connectivity index (χ0v) is 20.0. The Hall–Kier alpha value is -3.35. The number of likely N-dealkylation sites (tertiary alicyclic amines) is 1. The van der Waals surface area contributed by atoms with Crippen molar-refractivity contribution in [2.75, 3.05) is 19.7 Å². The number of carbonyl (C=O) groups excluding carboxylic acids is 2. The third-order valence-corrected chi connectivity index (χ3v) is 6.23. The van der Waals surface area contributed by atoms with Crippen LogP contribution in [0, 0.1) is 11.8 Å². The van der Waals surface area contributed by atoms with Gasteiger partial charge in [-0.05, 0) is 49.4 Å². The van der Waals surface area contributed by atoms with E-state index in [4.69, 9.17) is 9.72 Å². The lowest BCUT2D eigenvalue weighted by Gasteiger charge is -2.33. The predicted molar refractivity (Wildman–Crippen MR) is 132 cm³/mol. The van der Waals surface area contributed by atoms with E-state index in [0.717, 1.165) is 41.9 Å². The molecule has 1 aliphatic rings. The topological polar surface area (TPSA) is 87.3 Å². The molecule has 7 heteroatoms. The van der Waals surface area contributed by atoms with Gasteiger partial charge in [-0.2, -0.15) is 0 Å². The number of carbonyl (C=O) groups is 2. The highest BCUT2D eigenvalue weighted by molar-refractivity contribution is 5.82. The molecular weight excluding hydrogens is 428 g/mol. The Bertz CT molecular complexity index is 1060. The standard InChI is InChI=1S/C27H34N4O3/c1-19(2)17-24(26-28-22-12-6-7-13-23(22)29-26)30-27(33)20-9-8-15-31(18-20)25(32)14-16-34-21-10-4-3-5-11-21/h3-7,10-13,19-20,24H,8-9,14-18H2,1-2H3,(H,28,29)(H,30,33). The number of para-hydroxylation sites is 3. The molecule has 2 heterocycles. The molecule has 3 aromatic rings. The number of nitrogens with one attached hydrogen (secondary N) is 2. The Morgan fingerprint density at radius 3 is 2.68 bits per heavy atom. The fraction of sp³-hybridized carbons (Fsp3) is 0.444. The van der Waals surface area contributed by atoms with Gasteiger partial charge in [0.05, 0.1) is 36.0 Å². The van der Waals surface area contributed by atoms with Crippen LogP contribution < -0.4 is 10.1 Å². The lowest BCUT2D eigenvalue weighted by Crippen LogP contribution is -2.46. The van der Waals surface area contributed by atoms with Gasteiger partial charge < -0.3 is 19.9 Å². The molecule has 0 spiro atoms. The van der Waals surface area contributed by atoms with Crippen molar-refractivity contribution < 1.29 is 14.3 Å². The van der Waals surface area contributed by atoms with E-state index in [9.17, 15) is 9.59 Å². The molecule has 1 aliphatic heterocycles. The molecule has 0 aliphatic carbocycles. The van der Waals surface area contributed by atoms with E-state index >= 15 is 0 Å². The van der Waals surface area contributed by atoms with Crippen LogP contribution in [-0.4, -0.2) is 46.4 Å². The van der Waals surface area contributed by atoms with Gasteiger partial charge >= 0.3 is 0 Å². The number of nitrogens with zero attached hydrogens (tertiary/aromatic N) is 2. The fourth-order valence-corrected chi connectivity index (χ4v) is 4.49. The number of aromatic nitrogens is 2. The number of imidazole rings is 1. The molecule has 0 saturated carbocycles. The van der Waals surface area contributed by atoms with Crippen LogP contribution in [0.5, 0.6) is 5.75 Å². The Labute approximate surface area is 200 Å². The Morgan fingerprint density at radius 1 is 1.15 bits per heavy atom. The van der Waals surface area contributed by atoms with Crippen LogP contribution in [0.2, 0.25) is 0 Å². The number of piperidine rings is 1. The molecule has 2 aromatic carbocycles. The highest BCUT2D eigenvalue weighted by Crippen LogP contribution is 2.24. The molecule has 2 atom stereocenters. The summed E-state index contributed by atoms with van der Waals surface area (Å²) in [5.41, 5.74) is 1.86. The minimum Gasteiger partial charge on any atom is -0.493 e. The lowest BCUT2D eigenvalue weighted by molar-refractivity contribution is -0.136. The van der Waals surface area contributed by atoms with Crippen molar-refractivity contribution in [3.8, 4) is 5.75 Å². The number of fused-ring (bicyclic) bond motifs is 1. The van der Waals surface area contributed by atoms with E-state index in [0.29, 0.717) is 32.0 Å². The summed E-state index contributed by atoms with van der Waals surface area (Å²) in [6.07, 6.45) is 2.70. The molecule has 0 bridgehead atoms. The van der Waals surface area contributed by atoms with Crippen LogP contribution in [0.25, 0.3) is 11.0 Å². The van der Waals surface area contributed by atoms with Crippen LogP contribution in [0.4, 0.5) is 0 Å². The quantitative estimate of drug-likeness (QED) is 0.491. The highest BCUT2D eigenvalue weighted by atomic mass is 16.5. The number of H-pyrrole nitrogens is 1. The first-order chi connectivity index (χ1) is 16.5. The number of amides is 2. The Balaban J connectivity index is 1.34. The van der Waals surface area contributed by atoms with Crippen molar-refractivity contribution >= 4 is 22.8 Å². The molecule has 2 amide bonds. The monoisotopic (exact) mass is 462 g/mol. The maximum Gasteiger partial charge on any atom is 0.226 e. The highest BCUT2D eigenvalue weighted by Gasteiger charge is 2.30. The second-order valence-corrected chi connectivity index (χ2v) is 9.42. The van der Waals surface area contributed by atoms with E-state index in [1.807, 2.05) is 54.6 Å². The number of rotatable bonds is 9.